The molecule has 2 heterocycles. The lowest BCUT2D eigenvalue weighted by atomic mass is 9.97. The van der Waals surface area contributed by atoms with Gasteiger partial charge in [-0.3, -0.25) is 14.2 Å². The molecule has 1 aromatic heterocycles. The topological polar surface area (TPSA) is 67.2 Å². The quantitative estimate of drug-likeness (QED) is 0.461. The van der Waals surface area contributed by atoms with E-state index in [0.717, 1.165) is 35.0 Å². The molecule has 0 spiro atoms. The van der Waals surface area contributed by atoms with E-state index in [9.17, 15) is 9.59 Å². The van der Waals surface area contributed by atoms with Crippen LogP contribution in [0.3, 0.4) is 0 Å². The smallest absolute Gasteiger partial charge is 0.294 e. The highest BCUT2D eigenvalue weighted by atomic mass is 16.2. The summed E-state index contributed by atoms with van der Waals surface area (Å²) in [4.78, 5) is 33.4. The number of hydrogen-bond donors (Lipinski definition) is 1. The number of carbonyl (C=O) groups excluding carboxylic acids is 1. The molecule has 3 aromatic carbocycles. The summed E-state index contributed by atoms with van der Waals surface area (Å²) in [5.74, 6) is 0.279. The molecule has 0 saturated carbocycles. The van der Waals surface area contributed by atoms with Crippen molar-refractivity contribution in [2.45, 2.75) is 32.9 Å². The summed E-state index contributed by atoms with van der Waals surface area (Å²) in [6.07, 6.45) is 1.65. The molecule has 1 fully saturated rings. The second kappa shape index (κ2) is 10.1. The Morgan fingerprint density at radius 1 is 1.00 bits per heavy atom. The molecule has 0 bridgehead atoms. The van der Waals surface area contributed by atoms with Crippen molar-refractivity contribution in [3.63, 3.8) is 0 Å². The Balaban J connectivity index is 1.39. The molecule has 1 atom stereocenters. The second-order valence-corrected chi connectivity index (χ2v) is 9.29. The summed E-state index contributed by atoms with van der Waals surface area (Å²) in [6.45, 7) is 4.24. The molecule has 0 aliphatic carbocycles. The van der Waals surface area contributed by atoms with Gasteiger partial charge in [-0.1, -0.05) is 72.3 Å². The molecule has 6 nitrogen and oxygen atoms in total. The van der Waals surface area contributed by atoms with Gasteiger partial charge in [-0.05, 0) is 43.0 Å². The van der Waals surface area contributed by atoms with Crippen LogP contribution in [0.5, 0.6) is 0 Å². The first-order valence-corrected chi connectivity index (χ1v) is 12.2. The maximum atomic E-state index is 13.7. The molecule has 4 aromatic rings. The molecule has 6 heteroatoms. The first-order valence-electron chi connectivity index (χ1n) is 12.2. The van der Waals surface area contributed by atoms with Gasteiger partial charge in [-0.25, -0.2) is 4.98 Å². The van der Waals surface area contributed by atoms with E-state index >= 15 is 0 Å². The number of nitrogens with zero attached hydrogens (tertiary/aromatic N) is 3. The van der Waals surface area contributed by atoms with Crippen molar-refractivity contribution in [1.29, 1.82) is 0 Å². The van der Waals surface area contributed by atoms with E-state index in [1.807, 2.05) is 84.6 Å². The standard InChI is InChI=1S/C29H30N4O2/c1-21-9-7-12-23(17-21)18-30-28(34)24-13-8-16-32(20-24)27-29(35)33(19-22-10-3-2-4-11-22)26-15-6-5-14-25(26)31-27/h2-7,9-12,14-15,17,24H,8,13,16,18-20H2,1H3,(H,30,34)/t24-/m0/s1. The van der Waals surface area contributed by atoms with Crippen molar-refractivity contribution < 1.29 is 4.79 Å². The van der Waals surface area contributed by atoms with Crippen molar-refractivity contribution in [1.82, 2.24) is 14.9 Å². The van der Waals surface area contributed by atoms with E-state index in [1.54, 1.807) is 4.57 Å². The molecule has 0 radical (unpaired) electrons. The van der Waals surface area contributed by atoms with Crippen LogP contribution in [0.2, 0.25) is 0 Å². The number of nitrogens with one attached hydrogen (secondary N) is 1. The number of benzene rings is 3. The average Bonchev–Trinajstić information content (AvgIpc) is 2.89. The zero-order chi connectivity index (χ0) is 24.2. The Morgan fingerprint density at radius 3 is 2.60 bits per heavy atom. The van der Waals surface area contributed by atoms with Gasteiger partial charge in [0.2, 0.25) is 5.91 Å². The van der Waals surface area contributed by atoms with Gasteiger partial charge in [0.25, 0.3) is 5.56 Å². The van der Waals surface area contributed by atoms with Crippen molar-refractivity contribution in [2.75, 3.05) is 18.0 Å². The van der Waals surface area contributed by atoms with Crippen LogP contribution < -0.4 is 15.8 Å². The minimum Gasteiger partial charge on any atom is -0.352 e. The Morgan fingerprint density at radius 2 is 1.77 bits per heavy atom. The summed E-state index contributed by atoms with van der Waals surface area (Å²) >= 11 is 0. The van der Waals surface area contributed by atoms with Crippen LogP contribution in [-0.4, -0.2) is 28.5 Å². The summed E-state index contributed by atoms with van der Waals surface area (Å²) in [6, 6.07) is 25.9. The highest BCUT2D eigenvalue weighted by Gasteiger charge is 2.28. The Kier molecular flexibility index (Phi) is 6.62. The lowest BCUT2D eigenvalue weighted by Crippen LogP contribution is -2.45. The zero-order valence-electron chi connectivity index (χ0n) is 20.0. The predicted molar refractivity (Wildman–Crippen MR) is 140 cm³/mol. The molecule has 0 unspecified atom stereocenters. The van der Waals surface area contributed by atoms with Crippen molar-refractivity contribution in [3.05, 3.63) is 106 Å². The lowest BCUT2D eigenvalue weighted by Gasteiger charge is -2.33. The minimum atomic E-state index is -0.177. The van der Waals surface area contributed by atoms with Gasteiger partial charge in [0.05, 0.1) is 23.5 Å². The number of para-hydroxylation sites is 2. The molecule has 178 valence electrons. The molecular weight excluding hydrogens is 436 g/mol. The third kappa shape index (κ3) is 5.11. The van der Waals surface area contributed by atoms with Crippen LogP contribution in [0.25, 0.3) is 11.0 Å². The van der Waals surface area contributed by atoms with Crippen LogP contribution in [0, 0.1) is 12.8 Å². The Hall–Kier alpha value is -3.93. The molecule has 35 heavy (non-hydrogen) atoms. The zero-order valence-corrected chi connectivity index (χ0v) is 20.0. The van der Waals surface area contributed by atoms with Gasteiger partial charge in [0.15, 0.2) is 5.82 Å². The van der Waals surface area contributed by atoms with Crippen molar-refractivity contribution in [3.8, 4) is 0 Å². The van der Waals surface area contributed by atoms with Crippen molar-refractivity contribution >= 4 is 22.8 Å². The monoisotopic (exact) mass is 466 g/mol. The number of piperidine rings is 1. The fourth-order valence-electron chi connectivity index (χ4n) is 4.85. The highest BCUT2D eigenvalue weighted by molar-refractivity contribution is 5.80. The molecule has 1 N–H and O–H groups in total. The van der Waals surface area contributed by atoms with E-state index in [-0.39, 0.29) is 17.4 Å². The van der Waals surface area contributed by atoms with Crippen LogP contribution in [0.1, 0.15) is 29.5 Å². The fraction of sp³-hybridized carbons (Fsp3) is 0.276. The maximum absolute atomic E-state index is 13.7. The van der Waals surface area contributed by atoms with Gasteiger partial charge >= 0.3 is 0 Å². The van der Waals surface area contributed by atoms with E-state index in [1.165, 1.54) is 5.56 Å². The third-order valence-corrected chi connectivity index (χ3v) is 6.66. The first-order chi connectivity index (χ1) is 17.1. The van der Waals surface area contributed by atoms with Crippen LogP contribution >= 0.6 is 0 Å². The Labute approximate surface area is 205 Å². The number of rotatable bonds is 6. The summed E-state index contributed by atoms with van der Waals surface area (Å²) < 4.78 is 1.80. The van der Waals surface area contributed by atoms with Gasteiger partial charge in [0.1, 0.15) is 0 Å². The normalized spacial score (nSPS) is 15.8. The predicted octanol–water partition coefficient (Wildman–Crippen LogP) is 4.29. The number of carbonyl (C=O) groups is 1. The van der Waals surface area contributed by atoms with Crippen LogP contribution in [0.15, 0.2) is 83.7 Å². The highest BCUT2D eigenvalue weighted by Crippen LogP contribution is 2.22. The van der Waals surface area contributed by atoms with E-state index in [2.05, 4.69) is 11.4 Å². The molecule has 1 saturated heterocycles. The maximum Gasteiger partial charge on any atom is 0.294 e. The number of amides is 1. The lowest BCUT2D eigenvalue weighted by molar-refractivity contribution is -0.125. The molecule has 1 aliphatic rings. The van der Waals surface area contributed by atoms with E-state index < -0.39 is 0 Å². The fourth-order valence-corrected chi connectivity index (χ4v) is 4.85. The number of hydrogen-bond acceptors (Lipinski definition) is 4. The number of fused-ring (bicyclic) bond motifs is 1. The molecule has 1 amide bonds. The van der Waals surface area contributed by atoms with Gasteiger partial charge in [-0.2, -0.15) is 0 Å². The van der Waals surface area contributed by atoms with Gasteiger partial charge in [-0.15, -0.1) is 0 Å². The Bertz CT molecular complexity index is 1400. The number of aromatic nitrogens is 2. The third-order valence-electron chi connectivity index (χ3n) is 6.66. The first kappa shape index (κ1) is 22.8. The minimum absolute atomic E-state index is 0.0293. The average molecular weight is 467 g/mol. The summed E-state index contributed by atoms with van der Waals surface area (Å²) in [5.41, 5.74) is 4.80. The second-order valence-electron chi connectivity index (χ2n) is 9.29. The number of anilines is 1. The molecular formula is C29H30N4O2. The van der Waals surface area contributed by atoms with E-state index in [4.69, 9.17) is 4.98 Å². The van der Waals surface area contributed by atoms with E-state index in [0.29, 0.717) is 32.0 Å². The van der Waals surface area contributed by atoms with Gasteiger partial charge < -0.3 is 10.2 Å². The van der Waals surface area contributed by atoms with Crippen LogP contribution in [-0.2, 0) is 17.9 Å². The van der Waals surface area contributed by atoms with Gasteiger partial charge in [0, 0.05) is 19.6 Å². The number of aryl methyl sites for hydroxylation is 1. The largest absolute Gasteiger partial charge is 0.352 e. The summed E-state index contributed by atoms with van der Waals surface area (Å²) in [5, 5.41) is 3.09. The molecule has 1 aliphatic heterocycles. The van der Waals surface area contributed by atoms with Crippen molar-refractivity contribution in [2.24, 2.45) is 5.92 Å². The summed E-state index contributed by atoms with van der Waals surface area (Å²) in [7, 11) is 0. The molecule has 5 rings (SSSR count). The SMILES string of the molecule is Cc1cccc(CNC(=O)[C@H]2CCCN(c3nc4ccccc4n(Cc4ccccc4)c3=O)C2)c1. The van der Waals surface area contributed by atoms with Crippen LogP contribution in [0.4, 0.5) is 5.82 Å².